The first-order chi connectivity index (χ1) is 10.8. The van der Waals surface area contributed by atoms with Crippen LogP contribution in [0.5, 0.6) is 0 Å². The van der Waals surface area contributed by atoms with Crippen molar-refractivity contribution in [2.45, 2.75) is 45.4 Å². The Bertz CT molecular complexity index is 367. The molecule has 2 aliphatic heterocycles. The summed E-state index contributed by atoms with van der Waals surface area (Å²) >= 11 is 0. The quantitative estimate of drug-likeness (QED) is 0.642. The van der Waals surface area contributed by atoms with Crippen LogP contribution in [0, 0.1) is 17.8 Å². The molecule has 3 rings (SSSR count). The predicted octanol–water partition coefficient (Wildman–Crippen LogP) is 2.42. The van der Waals surface area contributed by atoms with Gasteiger partial charge in [0.15, 0.2) is 5.96 Å². The highest BCUT2D eigenvalue weighted by molar-refractivity contribution is 5.80. The molecule has 2 heterocycles. The molecule has 0 aromatic heterocycles. The van der Waals surface area contributed by atoms with Crippen LogP contribution in [0.1, 0.15) is 45.4 Å². The van der Waals surface area contributed by atoms with Crippen molar-refractivity contribution in [2.24, 2.45) is 22.7 Å². The number of hydrogen-bond donors (Lipinski definition) is 1. The lowest BCUT2D eigenvalue weighted by Crippen LogP contribution is -2.45. The van der Waals surface area contributed by atoms with Crippen LogP contribution in [0.4, 0.5) is 0 Å². The Balaban J connectivity index is 1.42. The van der Waals surface area contributed by atoms with Crippen molar-refractivity contribution in [3.63, 3.8) is 0 Å². The molecule has 0 spiro atoms. The van der Waals surface area contributed by atoms with E-state index in [0.717, 1.165) is 36.8 Å². The van der Waals surface area contributed by atoms with E-state index >= 15 is 0 Å². The van der Waals surface area contributed by atoms with Gasteiger partial charge in [-0.2, -0.15) is 0 Å². The highest BCUT2D eigenvalue weighted by Gasteiger charge is 2.35. The third-order valence-corrected chi connectivity index (χ3v) is 5.94. The molecule has 1 saturated carbocycles. The summed E-state index contributed by atoms with van der Waals surface area (Å²) in [4.78, 5) is 9.66. The normalized spacial score (nSPS) is 33.8. The Hall–Kier alpha value is -0.770. The van der Waals surface area contributed by atoms with E-state index in [1.54, 1.807) is 0 Å². The molecule has 0 bridgehead atoms. The summed E-state index contributed by atoms with van der Waals surface area (Å²) in [5, 5.41) is 3.62. The fourth-order valence-electron chi connectivity index (χ4n) is 4.73. The van der Waals surface area contributed by atoms with Gasteiger partial charge in [0, 0.05) is 39.8 Å². The monoisotopic (exact) mass is 306 g/mol. The molecule has 0 amide bonds. The molecule has 3 unspecified atom stereocenters. The largest absolute Gasteiger partial charge is 0.355 e. The molecule has 1 N–H and O–H groups in total. The molecule has 1 aliphatic carbocycles. The maximum atomic E-state index is 4.54. The zero-order chi connectivity index (χ0) is 15.4. The van der Waals surface area contributed by atoms with Gasteiger partial charge < -0.3 is 15.1 Å². The van der Waals surface area contributed by atoms with Crippen molar-refractivity contribution < 1.29 is 0 Å². The lowest BCUT2D eigenvalue weighted by Gasteiger charge is -2.31. The van der Waals surface area contributed by atoms with E-state index in [4.69, 9.17) is 0 Å². The first kappa shape index (κ1) is 16.1. The summed E-state index contributed by atoms with van der Waals surface area (Å²) in [5.74, 6) is 3.86. The first-order valence-electron chi connectivity index (χ1n) is 9.44. The summed E-state index contributed by atoms with van der Waals surface area (Å²) in [6, 6.07) is 0. The SMILES string of the molecule is CN=C(NCCN1CCCC(C)C1)N1CC2CCCCC2C1. The molecule has 3 fully saturated rings. The maximum Gasteiger partial charge on any atom is 0.193 e. The van der Waals surface area contributed by atoms with Gasteiger partial charge in [0.1, 0.15) is 0 Å². The second-order valence-electron chi connectivity index (χ2n) is 7.73. The maximum absolute atomic E-state index is 4.54. The number of piperidine rings is 1. The number of hydrogen-bond acceptors (Lipinski definition) is 2. The third kappa shape index (κ3) is 3.95. The number of rotatable bonds is 3. The second kappa shape index (κ2) is 7.67. The van der Waals surface area contributed by atoms with E-state index < -0.39 is 0 Å². The number of nitrogens with zero attached hydrogens (tertiary/aromatic N) is 3. The topological polar surface area (TPSA) is 30.9 Å². The summed E-state index contributed by atoms with van der Waals surface area (Å²) in [6.45, 7) is 9.57. The van der Waals surface area contributed by atoms with Crippen LogP contribution >= 0.6 is 0 Å². The molecule has 4 nitrogen and oxygen atoms in total. The minimum absolute atomic E-state index is 0.870. The molecule has 2 saturated heterocycles. The minimum atomic E-state index is 0.870. The average Bonchev–Trinajstić information content (AvgIpc) is 2.95. The Labute approximate surface area is 136 Å². The average molecular weight is 306 g/mol. The third-order valence-electron chi connectivity index (χ3n) is 5.94. The van der Waals surface area contributed by atoms with Crippen LogP contribution < -0.4 is 5.32 Å². The van der Waals surface area contributed by atoms with E-state index in [1.807, 2.05) is 7.05 Å². The van der Waals surface area contributed by atoms with Gasteiger partial charge in [-0.3, -0.25) is 4.99 Å². The smallest absolute Gasteiger partial charge is 0.193 e. The van der Waals surface area contributed by atoms with Crippen molar-refractivity contribution in [1.29, 1.82) is 0 Å². The summed E-state index contributed by atoms with van der Waals surface area (Å²) in [5.41, 5.74) is 0. The summed E-state index contributed by atoms with van der Waals surface area (Å²) in [7, 11) is 1.94. The second-order valence-corrected chi connectivity index (χ2v) is 7.73. The van der Waals surface area contributed by atoms with Gasteiger partial charge in [-0.1, -0.05) is 19.8 Å². The van der Waals surface area contributed by atoms with E-state index in [9.17, 15) is 0 Å². The summed E-state index contributed by atoms with van der Waals surface area (Å²) in [6.07, 6.45) is 8.52. The molecule has 3 aliphatic rings. The predicted molar refractivity (Wildman–Crippen MR) is 93.2 cm³/mol. The zero-order valence-corrected chi connectivity index (χ0v) is 14.6. The zero-order valence-electron chi connectivity index (χ0n) is 14.6. The Morgan fingerprint density at radius 1 is 1.05 bits per heavy atom. The van der Waals surface area contributed by atoms with Crippen LogP contribution in [0.15, 0.2) is 4.99 Å². The molecular weight excluding hydrogens is 272 g/mol. The molecule has 0 radical (unpaired) electrons. The highest BCUT2D eigenvalue weighted by Crippen LogP contribution is 2.35. The summed E-state index contributed by atoms with van der Waals surface area (Å²) < 4.78 is 0. The molecule has 126 valence electrons. The minimum Gasteiger partial charge on any atom is -0.355 e. The van der Waals surface area contributed by atoms with Gasteiger partial charge in [-0.25, -0.2) is 0 Å². The molecule has 3 atom stereocenters. The Kier molecular flexibility index (Phi) is 5.61. The number of likely N-dealkylation sites (tertiary alicyclic amines) is 2. The van der Waals surface area contributed by atoms with Crippen LogP contribution in [0.3, 0.4) is 0 Å². The number of nitrogens with one attached hydrogen (secondary N) is 1. The van der Waals surface area contributed by atoms with E-state index in [2.05, 4.69) is 27.0 Å². The highest BCUT2D eigenvalue weighted by atomic mass is 15.3. The lowest BCUT2D eigenvalue weighted by atomic mass is 9.82. The lowest BCUT2D eigenvalue weighted by molar-refractivity contribution is 0.186. The van der Waals surface area contributed by atoms with E-state index in [0.29, 0.717) is 0 Å². The van der Waals surface area contributed by atoms with Crippen LogP contribution in [0.25, 0.3) is 0 Å². The van der Waals surface area contributed by atoms with Crippen molar-refractivity contribution in [3.8, 4) is 0 Å². The van der Waals surface area contributed by atoms with Gasteiger partial charge in [-0.05, 0) is 50.0 Å². The fraction of sp³-hybridized carbons (Fsp3) is 0.944. The van der Waals surface area contributed by atoms with Crippen molar-refractivity contribution in [3.05, 3.63) is 0 Å². The van der Waals surface area contributed by atoms with Gasteiger partial charge in [-0.15, -0.1) is 0 Å². The van der Waals surface area contributed by atoms with Crippen molar-refractivity contribution in [2.75, 3.05) is 46.3 Å². The molecule has 0 aromatic rings. The van der Waals surface area contributed by atoms with Crippen LogP contribution in [-0.2, 0) is 0 Å². The Morgan fingerprint density at radius 3 is 2.41 bits per heavy atom. The first-order valence-corrected chi connectivity index (χ1v) is 9.44. The van der Waals surface area contributed by atoms with E-state index in [1.165, 1.54) is 64.7 Å². The molecule has 22 heavy (non-hydrogen) atoms. The molecular formula is C18H34N4. The van der Waals surface area contributed by atoms with Crippen LogP contribution in [-0.4, -0.2) is 62.1 Å². The van der Waals surface area contributed by atoms with Crippen molar-refractivity contribution in [1.82, 2.24) is 15.1 Å². The number of fused-ring (bicyclic) bond motifs is 1. The van der Waals surface area contributed by atoms with Gasteiger partial charge in [0.2, 0.25) is 0 Å². The van der Waals surface area contributed by atoms with Crippen molar-refractivity contribution >= 4 is 5.96 Å². The molecule has 0 aromatic carbocycles. The molecule has 4 heteroatoms. The van der Waals surface area contributed by atoms with Gasteiger partial charge >= 0.3 is 0 Å². The number of guanidine groups is 1. The number of aliphatic imine (C=N–C) groups is 1. The van der Waals surface area contributed by atoms with Gasteiger partial charge in [0.25, 0.3) is 0 Å². The fourth-order valence-corrected chi connectivity index (χ4v) is 4.73. The van der Waals surface area contributed by atoms with Gasteiger partial charge in [0.05, 0.1) is 0 Å². The van der Waals surface area contributed by atoms with Crippen LogP contribution in [0.2, 0.25) is 0 Å². The standard InChI is InChI=1S/C18H34N4/c1-15-6-5-10-21(12-15)11-9-20-18(19-2)22-13-16-7-3-4-8-17(16)14-22/h15-17H,3-14H2,1-2H3,(H,19,20). The Morgan fingerprint density at radius 2 is 1.77 bits per heavy atom. The van der Waals surface area contributed by atoms with E-state index in [-0.39, 0.29) is 0 Å².